The van der Waals surface area contributed by atoms with Crippen LogP contribution in [0.15, 0.2) is 36.4 Å². The van der Waals surface area contributed by atoms with E-state index in [1.807, 2.05) is 51.1 Å². The van der Waals surface area contributed by atoms with Crippen molar-refractivity contribution >= 4 is 29.1 Å². The van der Waals surface area contributed by atoms with E-state index in [2.05, 4.69) is 5.32 Å². The molecule has 2 N–H and O–H groups in total. The van der Waals surface area contributed by atoms with Crippen LogP contribution in [0.4, 0.5) is 10.5 Å². The highest BCUT2D eigenvalue weighted by Gasteiger charge is 2.23. The fourth-order valence-corrected chi connectivity index (χ4v) is 2.89. The lowest BCUT2D eigenvalue weighted by atomic mass is 9.94. The molecule has 6 heteroatoms. The molecule has 0 atom stereocenters. The van der Waals surface area contributed by atoms with E-state index in [0.29, 0.717) is 0 Å². The molecule has 1 heterocycles. The normalized spacial score (nSPS) is 11.1. The highest BCUT2D eigenvalue weighted by atomic mass is 32.1. The first-order valence-corrected chi connectivity index (χ1v) is 7.94. The summed E-state index contributed by atoms with van der Waals surface area (Å²) in [6.45, 7) is 6.09. The Morgan fingerprint density at radius 3 is 2.43 bits per heavy atom. The van der Waals surface area contributed by atoms with E-state index in [4.69, 9.17) is 4.74 Å². The predicted molar refractivity (Wildman–Crippen MR) is 90.2 cm³/mol. The third-order valence-corrected chi connectivity index (χ3v) is 4.66. The second kappa shape index (κ2) is 6.83. The number of thiophene rings is 1. The molecule has 5 nitrogen and oxygen atoms in total. The van der Waals surface area contributed by atoms with Gasteiger partial charge in [-0.3, -0.25) is 5.32 Å². The van der Waals surface area contributed by atoms with Gasteiger partial charge in [-0.05, 0) is 17.0 Å². The van der Waals surface area contributed by atoms with Crippen LogP contribution in [0.5, 0.6) is 0 Å². The lowest BCUT2D eigenvalue weighted by Crippen LogP contribution is -2.15. The van der Waals surface area contributed by atoms with E-state index in [-0.39, 0.29) is 22.6 Å². The Balaban J connectivity index is 2.08. The molecule has 1 aromatic carbocycles. The molecule has 0 aliphatic rings. The molecule has 0 saturated heterocycles. The summed E-state index contributed by atoms with van der Waals surface area (Å²) >= 11 is 1.16. The third kappa shape index (κ3) is 4.56. The maximum Gasteiger partial charge on any atom is 0.412 e. The SMILES string of the molecule is CC(C)(C)c1cc(NC(=O)OCc2ccccc2)c(C(=O)O)s1. The predicted octanol–water partition coefficient (Wildman–Crippen LogP) is 4.49. The average molecular weight is 333 g/mol. The van der Waals surface area contributed by atoms with Gasteiger partial charge in [-0.2, -0.15) is 0 Å². The van der Waals surface area contributed by atoms with Gasteiger partial charge >= 0.3 is 12.1 Å². The maximum atomic E-state index is 11.9. The molecule has 2 aromatic rings. The molecular formula is C17H19NO4S. The maximum absolute atomic E-state index is 11.9. The molecule has 0 aliphatic carbocycles. The molecule has 0 unspecified atom stereocenters. The number of carboxylic acid groups (broad SMARTS) is 1. The summed E-state index contributed by atoms with van der Waals surface area (Å²) in [5.41, 5.74) is 0.940. The highest BCUT2D eigenvalue weighted by Crippen LogP contribution is 2.35. The Kier molecular flexibility index (Phi) is 5.05. The molecule has 122 valence electrons. The summed E-state index contributed by atoms with van der Waals surface area (Å²) in [6, 6.07) is 11.0. The van der Waals surface area contributed by atoms with Gasteiger partial charge in [0, 0.05) is 4.88 Å². The highest BCUT2D eigenvalue weighted by molar-refractivity contribution is 7.14. The molecule has 2 rings (SSSR count). The van der Waals surface area contributed by atoms with Crippen molar-refractivity contribution in [3.8, 4) is 0 Å². The van der Waals surface area contributed by atoms with Crippen LogP contribution in [-0.2, 0) is 16.8 Å². The van der Waals surface area contributed by atoms with E-state index in [1.54, 1.807) is 6.07 Å². The minimum Gasteiger partial charge on any atom is -0.477 e. The van der Waals surface area contributed by atoms with Crippen LogP contribution in [0.2, 0.25) is 0 Å². The summed E-state index contributed by atoms with van der Waals surface area (Å²) in [6.07, 6.45) is -0.672. The van der Waals surface area contributed by atoms with Crippen molar-refractivity contribution in [2.75, 3.05) is 5.32 Å². The summed E-state index contributed by atoms with van der Waals surface area (Å²) < 4.78 is 5.12. The van der Waals surface area contributed by atoms with E-state index in [9.17, 15) is 14.7 Å². The lowest BCUT2D eigenvalue weighted by Gasteiger charge is -2.15. The number of hydrogen-bond acceptors (Lipinski definition) is 4. The van der Waals surface area contributed by atoms with Crippen molar-refractivity contribution in [2.24, 2.45) is 0 Å². The molecule has 0 bridgehead atoms. The van der Waals surface area contributed by atoms with Gasteiger partial charge < -0.3 is 9.84 Å². The standard InChI is InChI=1S/C17H19NO4S/c1-17(2,3)13-9-12(14(23-13)15(19)20)18-16(21)22-10-11-7-5-4-6-8-11/h4-9H,10H2,1-3H3,(H,18,21)(H,19,20). The fraction of sp³-hybridized carbons (Fsp3) is 0.294. The first-order chi connectivity index (χ1) is 10.8. The van der Waals surface area contributed by atoms with Crippen LogP contribution in [0.3, 0.4) is 0 Å². The number of hydrogen-bond donors (Lipinski definition) is 2. The number of nitrogens with one attached hydrogen (secondary N) is 1. The fourth-order valence-electron chi connectivity index (χ4n) is 1.88. The number of carboxylic acids is 1. The number of amides is 1. The van der Waals surface area contributed by atoms with Gasteiger partial charge in [0.15, 0.2) is 0 Å². The van der Waals surface area contributed by atoms with E-state index in [1.165, 1.54) is 0 Å². The van der Waals surface area contributed by atoms with Crippen LogP contribution in [0.1, 0.15) is 40.9 Å². The number of benzene rings is 1. The van der Waals surface area contributed by atoms with Crippen molar-refractivity contribution in [2.45, 2.75) is 32.8 Å². The molecule has 1 amide bonds. The minimum atomic E-state index is -1.07. The molecular weight excluding hydrogens is 314 g/mol. The van der Waals surface area contributed by atoms with E-state index in [0.717, 1.165) is 21.8 Å². The number of carbonyl (C=O) groups is 2. The smallest absolute Gasteiger partial charge is 0.412 e. The van der Waals surface area contributed by atoms with Gasteiger partial charge in [0.25, 0.3) is 0 Å². The summed E-state index contributed by atoms with van der Waals surface area (Å²) in [5, 5.41) is 11.8. The Morgan fingerprint density at radius 2 is 1.87 bits per heavy atom. The number of ether oxygens (including phenoxy) is 1. The molecule has 0 fully saturated rings. The molecule has 1 aromatic heterocycles. The molecule has 0 saturated carbocycles. The minimum absolute atomic E-state index is 0.103. The lowest BCUT2D eigenvalue weighted by molar-refractivity contribution is 0.0703. The second-order valence-electron chi connectivity index (χ2n) is 6.10. The van der Waals surface area contributed by atoms with Crippen LogP contribution >= 0.6 is 11.3 Å². The zero-order valence-electron chi connectivity index (χ0n) is 13.3. The molecule has 23 heavy (non-hydrogen) atoms. The molecule has 0 aliphatic heterocycles. The molecule has 0 spiro atoms. The van der Waals surface area contributed by atoms with Crippen molar-refractivity contribution in [1.82, 2.24) is 0 Å². The van der Waals surface area contributed by atoms with Crippen LogP contribution < -0.4 is 5.32 Å². The van der Waals surface area contributed by atoms with E-state index >= 15 is 0 Å². The van der Waals surface area contributed by atoms with Gasteiger partial charge in [0.2, 0.25) is 0 Å². The van der Waals surface area contributed by atoms with Gasteiger partial charge in [-0.15, -0.1) is 11.3 Å². The summed E-state index contributed by atoms with van der Waals surface area (Å²) in [5.74, 6) is -1.07. The Bertz CT molecular complexity index is 701. The second-order valence-corrected chi connectivity index (χ2v) is 7.15. The number of aromatic carboxylic acids is 1. The van der Waals surface area contributed by atoms with Gasteiger partial charge in [0.1, 0.15) is 11.5 Å². The number of carbonyl (C=O) groups excluding carboxylic acids is 1. The van der Waals surface area contributed by atoms with Gasteiger partial charge in [-0.1, -0.05) is 51.1 Å². The number of rotatable bonds is 4. The van der Waals surface area contributed by atoms with E-state index < -0.39 is 12.1 Å². The van der Waals surface area contributed by atoms with Gasteiger partial charge in [-0.25, -0.2) is 9.59 Å². The van der Waals surface area contributed by atoms with Crippen molar-refractivity contribution < 1.29 is 19.4 Å². The van der Waals surface area contributed by atoms with Crippen LogP contribution in [0, 0.1) is 0 Å². The van der Waals surface area contributed by atoms with Crippen LogP contribution in [0.25, 0.3) is 0 Å². The zero-order valence-corrected chi connectivity index (χ0v) is 14.1. The van der Waals surface area contributed by atoms with Crippen molar-refractivity contribution in [1.29, 1.82) is 0 Å². The summed E-state index contributed by atoms with van der Waals surface area (Å²) in [4.78, 5) is 24.2. The largest absolute Gasteiger partial charge is 0.477 e. The first kappa shape index (κ1) is 17.0. The topological polar surface area (TPSA) is 75.6 Å². The van der Waals surface area contributed by atoms with Crippen molar-refractivity contribution in [3.05, 3.63) is 51.7 Å². The van der Waals surface area contributed by atoms with Crippen LogP contribution in [-0.4, -0.2) is 17.2 Å². The quantitative estimate of drug-likeness (QED) is 0.864. The Morgan fingerprint density at radius 1 is 1.22 bits per heavy atom. The average Bonchev–Trinajstić information content (AvgIpc) is 2.90. The zero-order chi connectivity index (χ0) is 17.0. The number of anilines is 1. The Hall–Kier alpha value is -2.34. The monoisotopic (exact) mass is 333 g/mol. The Labute approximate surface area is 138 Å². The van der Waals surface area contributed by atoms with Gasteiger partial charge in [0.05, 0.1) is 5.69 Å². The van der Waals surface area contributed by atoms with Crippen molar-refractivity contribution in [3.63, 3.8) is 0 Å². The summed E-state index contributed by atoms with van der Waals surface area (Å²) in [7, 11) is 0. The first-order valence-electron chi connectivity index (χ1n) is 7.12. The molecule has 0 radical (unpaired) electrons. The third-order valence-electron chi connectivity index (χ3n) is 3.12.